The molecular weight excluding hydrogens is 759 g/mol. The predicted molar refractivity (Wildman–Crippen MR) is 246 cm³/mol. The van der Waals surface area contributed by atoms with Crippen LogP contribution in [-0.2, 0) is 5.41 Å². The van der Waals surface area contributed by atoms with Gasteiger partial charge >= 0.3 is 0 Å². The maximum absolute atomic E-state index is 6.72. The lowest BCUT2D eigenvalue weighted by molar-refractivity contribution is 0.434. The molecule has 0 aliphatic carbocycles. The molecule has 0 bridgehead atoms. The molecule has 11 rings (SSSR count). The predicted octanol–water partition coefficient (Wildman–Crippen LogP) is 13.2. The number of aromatic nitrogens is 5. The van der Waals surface area contributed by atoms with Crippen molar-refractivity contribution in [1.82, 2.24) is 24.9 Å². The second-order valence-electron chi connectivity index (χ2n) is 15.3. The lowest BCUT2D eigenvalue weighted by Gasteiger charge is -2.41. The van der Waals surface area contributed by atoms with E-state index in [1.165, 1.54) is 0 Å². The summed E-state index contributed by atoms with van der Waals surface area (Å²) in [6.07, 6.45) is 3.60. The Morgan fingerprint density at radius 2 is 0.790 bits per heavy atom. The van der Waals surface area contributed by atoms with Crippen molar-refractivity contribution in [1.29, 1.82) is 0 Å². The highest BCUT2D eigenvalue weighted by Crippen LogP contribution is 2.56. The summed E-state index contributed by atoms with van der Waals surface area (Å²) < 4.78 is 6.72. The van der Waals surface area contributed by atoms with Crippen molar-refractivity contribution in [3.8, 4) is 79.3 Å². The molecule has 1 aliphatic rings. The Balaban J connectivity index is 1.14. The minimum Gasteiger partial charge on any atom is -0.457 e. The van der Waals surface area contributed by atoms with E-state index >= 15 is 0 Å². The van der Waals surface area contributed by atoms with Crippen LogP contribution in [0, 0.1) is 0 Å². The molecular formula is C56H37N5O. The van der Waals surface area contributed by atoms with Gasteiger partial charge in [0.15, 0.2) is 5.82 Å². The maximum Gasteiger partial charge on any atom is 0.160 e. The quantitative estimate of drug-likeness (QED) is 0.152. The van der Waals surface area contributed by atoms with Crippen LogP contribution >= 0.6 is 0 Å². The summed E-state index contributed by atoms with van der Waals surface area (Å²) in [4.78, 5) is 24.8. The summed E-state index contributed by atoms with van der Waals surface area (Å²) in [5.74, 6) is 2.28. The number of hydrogen-bond acceptors (Lipinski definition) is 6. The Kier molecular flexibility index (Phi) is 9.28. The number of ether oxygens (including phenoxy) is 1. The van der Waals surface area contributed by atoms with Crippen LogP contribution in [0.1, 0.15) is 22.3 Å². The van der Waals surface area contributed by atoms with Gasteiger partial charge in [0.1, 0.15) is 11.5 Å². The Morgan fingerprint density at radius 1 is 0.306 bits per heavy atom. The van der Waals surface area contributed by atoms with Gasteiger partial charge in [-0.2, -0.15) is 0 Å². The van der Waals surface area contributed by atoms with Gasteiger partial charge in [-0.15, -0.1) is 0 Å². The number of para-hydroxylation sites is 2. The minimum atomic E-state index is -0.796. The molecule has 0 unspecified atom stereocenters. The van der Waals surface area contributed by atoms with Crippen LogP contribution in [-0.4, -0.2) is 24.9 Å². The SMILES string of the molecule is c1ccc(-c2cc(-c3cccc(C4(c5cccc(-c6cc(-c7ccccn7)nc(-c7ccccn7)c6)c5)c5ccccc5Oc5ccccc54)c3)nc(-c3ccccc3)n2)cc1. The van der Waals surface area contributed by atoms with E-state index < -0.39 is 5.41 Å². The number of hydrogen-bond donors (Lipinski definition) is 0. The van der Waals surface area contributed by atoms with Crippen LogP contribution < -0.4 is 4.74 Å². The fraction of sp³-hybridized carbons (Fsp3) is 0.0179. The van der Waals surface area contributed by atoms with E-state index in [1.54, 1.807) is 12.4 Å². The molecule has 5 heterocycles. The number of fused-ring (bicyclic) bond motifs is 2. The first-order valence-corrected chi connectivity index (χ1v) is 20.6. The van der Waals surface area contributed by atoms with E-state index in [9.17, 15) is 0 Å². The van der Waals surface area contributed by atoms with Crippen LogP contribution in [0.3, 0.4) is 0 Å². The monoisotopic (exact) mass is 795 g/mol. The van der Waals surface area contributed by atoms with E-state index in [4.69, 9.17) is 19.7 Å². The minimum absolute atomic E-state index is 0.670. The topological polar surface area (TPSA) is 73.7 Å². The molecule has 0 radical (unpaired) electrons. The second kappa shape index (κ2) is 15.7. The first kappa shape index (κ1) is 36.7. The number of benzene rings is 6. The summed E-state index contributed by atoms with van der Waals surface area (Å²) in [5.41, 5.74) is 13.3. The molecule has 0 spiro atoms. The summed E-state index contributed by atoms with van der Waals surface area (Å²) in [7, 11) is 0. The van der Waals surface area contributed by atoms with E-state index in [2.05, 4.69) is 137 Å². The zero-order valence-corrected chi connectivity index (χ0v) is 33.5. The van der Waals surface area contributed by atoms with Crippen molar-refractivity contribution in [3.05, 3.63) is 247 Å². The molecule has 62 heavy (non-hydrogen) atoms. The van der Waals surface area contributed by atoms with Crippen molar-refractivity contribution in [2.24, 2.45) is 0 Å². The molecule has 0 amide bonds. The lowest BCUT2D eigenvalue weighted by Crippen LogP contribution is -2.34. The van der Waals surface area contributed by atoms with Crippen molar-refractivity contribution in [2.45, 2.75) is 5.41 Å². The number of rotatable bonds is 8. The maximum atomic E-state index is 6.72. The highest BCUT2D eigenvalue weighted by molar-refractivity contribution is 5.79. The zero-order valence-electron chi connectivity index (χ0n) is 33.5. The van der Waals surface area contributed by atoms with Crippen molar-refractivity contribution < 1.29 is 4.74 Å². The summed E-state index contributed by atoms with van der Waals surface area (Å²) in [6.45, 7) is 0. The fourth-order valence-electron chi connectivity index (χ4n) is 8.68. The molecule has 0 N–H and O–H groups in total. The normalized spacial score (nSPS) is 12.5. The summed E-state index contributed by atoms with van der Waals surface area (Å²) >= 11 is 0. The van der Waals surface area contributed by atoms with Crippen LogP contribution in [0.25, 0.3) is 67.8 Å². The number of nitrogens with zero attached hydrogens (tertiary/aromatic N) is 5. The van der Waals surface area contributed by atoms with E-state index in [0.717, 1.165) is 95.7 Å². The molecule has 6 nitrogen and oxygen atoms in total. The van der Waals surface area contributed by atoms with Gasteiger partial charge in [0, 0.05) is 40.2 Å². The Labute approximate surface area is 360 Å². The smallest absolute Gasteiger partial charge is 0.160 e. The first-order valence-electron chi connectivity index (χ1n) is 20.6. The molecule has 10 aromatic rings. The van der Waals surface area contributed by atoms with Crippen LogP contribution in [0.2, 0.25) is 0 Å². The summed E-state index contributed by atoms with van der Waals surface area (Å²) in [5, 5.41) is 0. The third-order valence-electron chi connectivity index (χ3n) is 11.5. The average molecular weight is 796 g/mol. The van der Waals surface area contributed by atoms with Gasteiger partial charge in [-0.3, -0.25) is 9.97 Å². The van der Waals surface area contributed by atoms with E-state index in [-0.39, 0.29) is 0 Å². The molecule has 0 saturated heterocycles. The Morgan fingerprint density at radius 3 is 1.37 bits per heavy atom. The van der Waals surface area contributed by atoms with Crippen molar-refractivity contribution in [2.75, 3.05) is 0 Å². The standard InChI is InChI=1S/C56H37N5O/c1-3-17-38(18-4-1)49-37-50(61-55(60-49)39-19-5-2-6-20-39)41-22-16-24-44(34-41)56(45-25-7-9-29-53(45)62-54-30-10-8-26-46(54)56)43-23-15-21-40(33-43)42-35-51(47-27-11-13-31-57-47)59-52(36-42)48-28-12-14-32-58-48/h1-37H. The number of pyridine rings is 3. The average Bonchev–Trinajstić information content (AvgIpc) is 3.36. The second-order valence-corrected chi connectivity index (χ2v) is 15.3. The molecule has 0 fully saturated rings. The lowest BCUT2D eigenvalue weighted by atomic mass is 9.63. The van der Waals surface area contributed by atoms with E-state index in [0.29, 0.717) is 5.82 Å². The molecule has 6 heteroatoms. The van der Waals surface area contributed by atoms with Gasteiger partial charge < -0.3 is 4.74 Å². The third-order valence-corrected chi connectivity index (χ3v) is 11.5. The summed E-state index contributed by atoms with van der Waals surface area (Å²) in [6, 6.07) is 73.1. The van der Waals surface area contributed by atoms with Crippen LogP contribution in [0.15, 0.2) is 225 Å². The zero-order chi connectivity index (χ0) is 41.3. The first-order chi connectivity index (χ1) is 30.7. The van der Waals surface area contributed by atoms with Gasteiger partial charge in [0.05, 0.1) is 39.6 Å². The van der Waals surface area contributed by atoms with E-state index in [1.807, 2.05) is 84.9 Å². The molecule has 6 aromatic carbocycles. The Hall–Kier alpha value is -8.35. The molecule has 0 atom stereocenters. The molecule has 1 aliphatic heterocycles. The van der Waals surface area contributed by atoms with Crippen molar-refractivity contribution in [3.63, 3.8) is 0 Å². The fourth-order valence-corrected chi connectivity index (χ4v) is 8.68. The van der Waals surface area contributed by atoms with Gasteiger partial charge in [-0.05, 0) is 89.0 Å². The molecule has 4 aromatic heterocycles. The van der Waals surface area contributed by atoms with Crippen LogP contribution in [0.5, 0.6) is 11.5 Å². The largest absolute Gasteiger partial charge is 0.457 e. The highest BCUT2D eigenvalue weighted by Gasteiger charge is 2.45. The molecule has 0 saturated carbocycles. The molecule has 292 valence electrons. The Bertz CT molecular complexity index is 2880. The van der Waals surface area contributed by atoms with Gasteiger partial charge in [-0.25, -0.2) is 15.0 Å². The highest BCUT2D eigenvalue weighted by atomic mass is 16.5. The third kappa shape index (κ3) is 6.60. The van der Waals surface area contributed by atoms with Gasteiger partial charge in [0.2, 0.25) is 0 Å². The van der Waals surface area contributed by atoms with Crippen molar-refractivity contribution >= 4 is 0 Å². The van der Waals surface area contributed by atoms with Gasteiger partial charge in [-0.1, -0.05) is 146 Å². The van der Waals surface area contributed by atoms with Crippen LogP contribution in [0.4, 0.5) is 0 Å². The van der Waals surface area contributed by atoms with Gasteiger partial charge in [0.25, 0.3) is 0 Å².